The van der Waals surface area contributed by atoms with Gasteiger partial charge in [-0.2, -0.15) is 11.8 Å². The summed E-state index contributed by atoms with van der Waals surface area (Å²) in [4.78, 5) is 5.24. The third-order valence-corrected chi connectivity index (χ3v) is 3.41. The summed E-state index contributed by atoms with van der Waals surface area (Å²) < 4.78 is 0. The van der Waals surface area contributed by atoms with E-state index in [4.69, 9.17) is 5.11 Å². The van der Waals surface area contributed by atoms with Gasteiger partial charge < -0.3 is 5.11 Å². The lowest BCUT2D eigenvalue weighted by Crippen LogP contribution is -2.01. The molecular weight excluding hydrogens is 178 g/mol. The Balaban J connectivity index is 2.23. The predicted molar refractivity (Wildman–Crippen MR) is 50.0 cm³/mol. The van der Waals surface area contributed by atoms with E-state index >= 15 is 0 Å². The maximum atomic E-state index is 8.73. The van der Waals surface area contributed by atoms with Gasteiger partial charge in [0.25, 0.3) is 0 Å². The lowest BCUT2D eigenvalue weighted by molar-refractivity contribution is 0.300. The summed E-state index contributed by atoms with van der Waals surface area (Å²) >= 11 is 3.42. The summed E-state index contributed by atoms with van der Waals surface area (Å²) in [6, 6.07) is 0. The average molecular weight is 189 g/mol. The normalized spacial score (nSPS) is 13.3. The summed E-state index contributed by atoms with van der Waals surface area (Å²) in [5, 5.41) is 9.06. The molecule has 0 aromatic carbocycles. The van der Waals surface area contributed by atoms with Crippen LogP contribution in [0.5, 0.6) is 0 Å². The Bertz CT molecular complexity index is 188. The highest BCUT2D eigenvalue weighted by atomic mass is 32.2. The maximum absolute atomic E-state index is 8.73. The largest absolute Gasteiger partial charge is 0.395 e. The van der Waals surface area contributed by atoms with Gasteiger partial charge in [-0.25, -0.2) is 0 Å². The molecule has 0 aliphatic carbocycles. The lowest BCUT2D eigenvalue weighted by atomic mass is 10.5. The van der Waals surface area contributed by atoms with Crippen molar-refractivity contribution in [1.82, 2.24) is 4.98 Å². The standard InChI is InChI=1S/C7H11NOS2/c1-6(3-9)10-4-7-2-8-5-11-7/h2,5-6,9H,3-4H2,1H3. The zero-order chi connectivity index (χ0) is 8.10. The van der Waals surface area contributed by atoms with Crippen LogP contribution in [0.3, 0.4) is 0 Å². The van der Waals surface area contributed by atoms with Gasteiger partial charge in [-0.1, -0.05) is 6.92 Å². The highest BCUT2D eigenvalue weighted by Gasteiger charge is 2.01. The van der Waals surface area contributed by atoms with Crippen molar-refractivity contribution in [2.75, 3.05) is 6.61 Å². The third kappa shape index (κ3) is 3.22. The molecule has 0 radical (unpaired) electrons. The Morgan fingerprint density at radius 1 is 1.82 bits per heavy atom. The molecule has 0 saturated heterocycles. The molecule has 11 heavy (non-hydrogen) atoms. The minimum atomic E-state index is 0.253. The quantitative estimate of drug-likeness (QED) is 0.783. The monoisotopic (exact) mass is 189 g/mol. The van der Waals surface area contributed by atoms with Crippen LogP contribution >= 0.6 is 23.1 Å². The van der Waals surface area contributed by atoms with Gasteiger partial charge in [-0.3, -0.25) is 4.98 Å². The second kappa shape index (κ2) is 4.74. The summed E-state index contributed by atoms with van der Waals surface area (Å²) in [6.45, 7) is 2.27. The Kier molecular flexibility index (Phi) is 3.90. The fourth-order valence-corrected chi connectivity index (χ4v) is 2.07. The van der Waals surface area contributed by atoms with E-state index in [1.807, 2.05) is 18.6 Å². The van der Waals surface area contributed by atoms with E-state index in [2.05, 4.69) is 4.98 Å². The molecule has 1 atom stereocenters. The number of thiazole rings is 1. The number of rotatable bonds is 4. The summed E-state index contributed by atoms with van der Waals surface area (Å²) in [5.41, 5.74) is 1.83. The molecule has 4 heteroatoms. The molecule has 1 aromatic heterocycles. The van der Waals surface area contributed by atoms with Gasteiger partial charge in [0.1, 0.15) is 0 Å². The molecule has 1 heterocycles. The lowest BCUT2D eigenvalue weighted by Gasteiger charge is -2.04. The smallest absolute Gasteiger partial charge is 0.0794 e. The van der Waals surface area contributed by atoms with Gasteiger partial charge in [0.05, 0.1) is 12.1 Å². The van der Waals surface area contributed by atoms with E-state index in [0.29, 0.717) is 5.25 Å². The van der Waals surface area contributed by atoms with Gasteiger partial charge in [-0.15, -0.1) is 11.3 Å². The molecule has 0 bridgehead atoms. The van der Waals surface area contributed by atoms with Gasteiger partial charge in [-0.05, 0) is 0 Å². The highest BCUT2D eigenvalue weighted by molar-refractivity contribution is 7.99. The molecule has 0 saturated carbocycles. The van der Waals surface area contributed by atoms with Gasteiger partial charge in [0.2, 0.25) is 0 Å². The molecule has 0 fully saturated rings. The van der Waals surface area contributed by atoms with Crippen LogP contribution in [-0.4, -0.2) is 21.9 Å². The van der Waals surface area contributed by atoms with E-state index in [9.17, 15) is 0 Å². The van der Waals surface area contributed by atoms with Crippen LogP contribution in [0.1, 0.15) is 11.8 Å². The van der Waals surface area contributed by atoms with Crippen molar-refractivity contribution in [3.8, 4) is 0 Å². The predicted octanol–water partition coefficient (Wildman–Crippen LogP) is 1.76. The van der Waals surface area contributed by atoms with Gasteiger partial charge >= 0.3 is 0 Å². The minimum absolute atomic E-state index is 0.253. The molecule has 0 spiro atoms. The maximum Gasteiger partial charge on any atom is 0.0794 e. The molecule has 1 rings (SSSR count). The molecule has 1 aromatic rings. The zero-order valence-corrected chi connectivity index (χ0v) is 7.99. The number of hydrogen-bond donors (Lipinski definition) is 1. The number of hydrogen-bond acceptors (Lipinski definition) is 4. The number of aliphatic hydroxyl groups excluding tert-OH is 1. The van der Waals surface area contributed by atoms with Crippen molar-refractivity contribution >= 4 is 23.1 Å². The van der Waals surface area contributed by atoms with Gasteiger partial charge in [0, 0.05) is 22.1 Å². The third-order valence-electron chi connectivity index (χ3n) is 1.25. The Morgan fingerprint density at radius 3 is 3.18 bits per heavy atom. The van der Waals surface area contributed by atoms with E-state index in [-0.39, 0.29) is 6.61 Å². The van der Waals surface area contributed by atoms with E-state index in [0.717, 1.165) is 5.75 Å². The second-order valence-electron chi connectivity index (χ2n) is 2.27. The van der Waals surface area contributed by atoms with Crippen LogP contribution in [0.2, 0.25) is 0 Å². The minimum Gasteiger partial charge on any atom is -0.395 e. The summed E-state index contributed by atoms with van der Waals surface area (Å²) in [5.74, 6) is 0.965. The fourth-order valence-electron chi connectivity index (χ4n) is 0.591. The van der Waals surface area contributed by atoms with Crippen LogP contribution in [0.15, 0.2) is 11.7 Å². The van der Waals surface area contributed by atoms with E-state index < -0.39 is 0 Å². The number of thioether (sulfide) groups is 1. The van der Waals surface area contributed by atoms with Crippen LogP contribution in [0.25, 0.3) is 0 Å². The first-order valence-corrected chi connectivity index (χ1v) is 5.35. The van der Waals surface area contributed by atoms with Crippen molar-refractivity contribution in [2.24, 2.45) is 0 Å². The van der Waals surface area contributed by atoms with Crippen molar-refractivity contribution in [3.63, 3.8) is 0 Å². The fraction of sp³-hybridized carbons (Fsp3) is 0.571. The van der Waals surface area contributed by atoms with Crippen molar-refractivity contribution < 1.29 is 5.11 Å². The van der Waals surface area contributed by atoms with Crippen molar-refractivity contribution in [2.45, 2.75) is 17.9 Å². The molecule has 1 N–H and O–H groups in total. The second-order valence-corrected chi connectivity index (χ2v) is 4.67. The van der Waals surface area contributed by atoms with Gasteiger partial charge in [0.15, 0.2) is 0 Å². The summed E-state index contributed by atoms with van der Waals surface area (Å²) in [6.07, 6.45) is 1.88. The van der Waals surface area contributed by atoms with Crippen LogP contribution in [0, 0.1) is 0 Å². The van der Waals surface area contributed by atoms with Crippen molar-refractivity contribution in [1.29, 1.82) is 0 Å². The first-order chi connectivity index (χ1) is 5.33. The molecule has 2 nitrogen and oxygen atoms in total. The van der Waals surface area contributed by atoms with Crippen molar-refractivity contribution in [3.05, 3.63) is 16.6 Å². The molecular formula is C7H11NOS2. The molecule has 0 aliphatic rings. The number of aromatic nitrogens is 1. The van der Waals surface area contributed by atoms with E-state index in [1.54, 1.807) is 23.1 Å². The SMILES string of the molecule is CC(CO)SCc1cncs1. The molecule has 0 aliphatic heterocycles. The highest BCUT2D eigenvalue weighted by Crippen LogP contribution is 2.19. The molecule has 62 valence electrons. The Labute approximate surface area is 74.7 Å². The first kappa shape index (κ1) is 9.03. The van der Waals surface area contributed by atoms with E-state index in [1.165, 1.54) is 4.88 Å². The summed E-state index contributed by atoms with van der Waals surface area (Å²) in [7, 11) is 0. The number of aliphatic hydroxyl groups is 1. The topological polar surface area (TPSA) is 33.1 Å². The van der Waals surface area contributed by atoms with Crippen LogP contribution < -0.4 is 0 Å². The van der Waals surface area contributed by atoms with Crippen LogP contribution in [0.4, 0.5) is 0 Å². The number of nitrogens with zero attached hydrogens (tertiary/aromatic N) is 1. The average Bonchev–Trinajstić information content (AvgIpc) is 2.52. The van der Waals surface area contributed by atoms with Crippen LogP contribution in [-0.2, 0) is 5.75 Å². The Hall–Kier alpha value is -0.0600. The Morgan fingerprint density at radius 2 is 2.64 bits per heavy atom. The first-order valence-electron chi connectivity index (χ1n) is 3.42. The molecule has 1 unspecified atom stereocenters. The zero-order valence-electron chi connectivity index (χ0n) is 6.36. The molecule has 0 amide bonds.